The fraction of sp³-hybridized carbons (Fsp3) is 0.529. The molecule has 0 aliphatic carbocycles. The van der Waals surface area contributed by atoms with Gasteiger partial charge in [-0.2, -0.15) is 4.31 Å². The molecule has 0 saturated carbocycles. The van der Waals surface area contributed by atoms with Crippen molar-refractivity contribution in [2.75, 3.05) is 6.61 Å². The summed E-state index contributed by atoms with van der Waals surface area (Å²) in [6.45, 7) is 5.96. The Morgan fingerprint density at radius 3 is 2.00 bits per heavy atom. The van der Waals surface area contributed by atoms with E-state index in [0.717, 1.165) is 13.2 Å². The number of ether oxygens (including phenoxy) is 1. The second-order valence-corrected chi connectivity index (χ2v) is 8.52. The first kappa shape index (κ1) is 26.2. The number of hydrogen-bond acceptors (Lipinski definition) is 4. The van der Waals surface area contributed by atoms with E-state index in [0.29, 0.717) is 0 Å². The van der Waals surface area contributed by atoms with Crippen LogP contribution in [0.5, 0.6) is 0 Å². The van der Waals surface area contributed by atoms with E-state index >= 15 is 0 Å². The molecule has 0 heterocycles. The third-order valence-electron chi connectivity index (χ3n) is 3.43. The highest BCUT2D eigenvalue weighted by Crippen LogP contribution is 2.53. The van der Waals surface area contributed by atoms with Crippen LogP contribution in [-0.4, -0.2) is 26.2 Å². The largest absolute Gasteiger partial charge is 0.478 e. The Morgan fingerprint density at radius 1 is 0.963 bits per heavy atom. The monoisotopic (exact) mass is 424 g/mol. The highest BCUT2D eigenvalue weighted by molar-refractivity contribution is 7.60. The molecule has 0 fully saturated rings. The van der Waals surface area contributed by atoms with Crippen LogP contribution in [0.25, 0.3) is 0 Å². The van der Waals surface area contributed by atoms with Gasteiger partial charge in [-0.25, -0.2) is 9.13 Å². The minimum atomic E-state index is -5.05. The van der Waals surface area contributed by atoms with Crippen molar-refractivity contribution in [3.05, 3.63) is 47.5 Å². The van der Waals surface area contributed by atoms with E-state index in [1.54, 1.807) is 0 Å². The minimum Gasteiger partial charge on any atom is -0.377 e. The molecule has 0 bridgehead atoms. The summed E-state index contributed by atoms with van der Waals surface area (Å²) in [6.07, 6.45) is 8.56. The molecule has 8 nitrogen and oxygen atoms in total. The standard InChI is InChI=1S/C17H26O.H4O7P2/c1-3-16(2)11-7-4-5-10-14-18-15-17-12-8-6-9-13-17;1-8(2,3)7-9(4,5)6/h3,6,8-9,12-13H,4-5,7,10-11,14-15H2,1-2H3;(H2,1,2,3)(H2,4,5,6)/b16-3+;. The van der Waals surface area contributed by atoms with Crippen LogP contribution in [0.3, 0.4) is 0 Å². The van der Waals surface area contributed by atoms with Crippen molar-refractivity contribution >= 4 is 15.6 Å². The smallest absolute Gasteiger partial charge is 0.377 e. The summed E-state index contributed by atoms with van der Waals surface area (Å²) >= 11 is 0. The molecule has 0 aliphatic heterocycles. The van der Waals surface area contributed by atoms with Gasteiger partial charge in [-0.15, -0.1) is 0 Å². The first-order chi connectivity index (χ1) is 12.5. The zero-order valence-electron chi connectivity index (χ0n) is 15.7. The van der Waals surface area contributed by atoms with Gasteiger partial charge in [0.25, 0.3) is 0 Å². The van der Waals surface area contributed by atoms with E-state index < -0.39 is 15.6 Å². The van der Waals surface area contributed by atoms with Crippen molar-refractivity contribution in [2.45, 2.75) is 52.6 Å². The fourth-order valence-electron chi connectivity index (χ4n) is 2.01. The van der Waals surface area contributed by atoms with Crippen molar-refractivity contribution in [1.82, 2.24) is 0 Å². The Hall–Kier alpha value is -0.820. The van der Waals surface area contributed by atoms with Crippen LogP contribution in [0.1, 0.15) is 51.5 Å². The van der Waals surface area contributed by atoms with Gasteiger partial charge >= 0.3 is 15.6 Å². The highest BCUT2D eigenvalue weighted by atomic mass is 31.3. The van der Waals surface area contributed by atoms with Gasteiger partial charge in [-0.1, -0.05) is 54.8 Å². The average Bonchev–Trinajstić information content (AvgIpc) is 2.55. The molecule has 1 aromatic rings. The van der Waals surface area contributed by atoms with E-state index in [1.165, 1.54) is 43.2 Å². The predicted molar refractivity (Wildman–Crippen MR) is 104 cm³/mol. The van der Waals surface area contributed by atoms with Crippen LogP contribution in [0.4, 0.5) is 0 Å². The molecule has 1 aromatic carbocycles. The second-order valence-electron chi connectivity index (χ2n) is 5.90. The third-order valence-corrected chi connectivity index (χ3v) is 5.13. The zero-order chi connectivity index (χ0) is 20.8. The molecule has 0 aromatic heterocycles. The third kappa shape index (κ3) is 19.7. The highest BCUT2D eigenvalue weighted by Gasteiger charge is 2.27. The maximum absolute atomic E-state index is 9.63. The summed E-state index contributed by atoms with van der Waals surface area (Å²) in [7, 11) is -10.1. The summed E-state index contributed by atoms with van der Waals surface area (Å²) < 4.78 is 27.9. The van der Waals surface area contributed by atoms with Gasteiger partial charge in [0.15, 0.2) is 0 Å². The fourth-order valence-corrected chi connectivity index (χ4v) is 3.12. The average molecular weight is 424 g/mol. The number of phosphoric acid groups is 2. The van der Waals surface area contributed by atoms with Crippen molar-refractivity contribution in [3.8, 4) is 0 Å². The number of allylic oxidation sites excluding steroid dienone is 2. The first-order valence-electron chi connectivity index (χ1n) is 8.59. The summed E-state index contributed by atoms with van der Waals surface area (Å²) in [5.74, 6) is 0. The Balaban J connectivity index is 0.000000636. The molecule has 0 atom stereocenters. The molecule has 10 heteroatoms. The van der Waals surface area contributed by atoms with Gasteiger partial charge in [0.1, 0.15) is 0 Å². The molecule has 0 spiro atoms. The molecular weight excluding hydrogens is 394 g/mol. The maximum atomic E-state index is 9.63. The normalized spacial score (nSPS) is 12.4. The first-order valence-corrected chi connectivity index (χ1v) is 11.7. The summed E-state index contributed by atoms with van der Waals surface area (Å²) in [4.78, 5) is 31.0. The van der Waals surface area contributed by atoms with Gasteiger partial charge in [-0.05, 0) is 38.7 Å². The zero-order valence-corrected chi connectivity index (χ0v) is 17.5. The number of unbranched alkanes of at least 4 members (excludes halogenated alkanes) is 3. The van der Waals surface area contributed by atoms with Crippen LogP contribution in [-0.2, 0) is 24.8 Å². The van der Waals surface area contributed by atoms with Crippen LogP contribution in [0.2, 0.25) is 0 Å². The van der Waals surface area contributed by atoms with Crippen molar-refractivity contribution in [2.24, 2.45) is 0 Å². The number of hydrogen-bond donors (Lipinski definition) is 4. The predicted octanol–water partition coefficient (Wildman–Crippen LogP) is 4.31. The molecule has 1 rings (SSSR count). The molecule has 4 N–H and O–H groups in total. The van der Waals surface area contributed by atoms with E-state index in [9.17, 15) is 9.13 Å². The van der Waals surface area contributed by atoms with Gasteiger partial charge in [0.2, 0.25) is 0 Å². The van der Waals surface area contributed by atoms with Crippen LogP contribution in [0.15, 0.2) is 42.0 Å². The van der Waals surface area contributed by atoms with Crippen molar-refractivity contribution in [1.29, 1.82) is 0 Å². The van der Waals surface area contributed by atoms with E-state index in [-0.39, 0.29) is 0 Å². The number of benzene rings is 1. The van der Waals surface area contributed by atoms with Crippen LogP contribution < -0.4 is 0 Å². The maximum Gasteiger partial charge on any atom is 0.478 e. The van der Waals surface area contributed by atoms with Crippen LogP contribution in [0, 0.1) is 0 Å². The lowest BCUT2D eigenvalue weighted by atomic mass is 10.1. The van der Waals surface area contributed by atoms with E-state index in [4.69, 9.17) is 24.3 Å². The van der Waals surface area contributed by atoms with Crippen LogP contribution >= 0.6 is 15.6 Å². The summed E-state index contributed by atoms with van der Waals surface area (Å²) in [6, 6.07) is 10.4. The van der Waals surface area contributed by atoms with E-state index in [1.807, 2.05) is 6.07 Å². The Morgan fingerprint density at radius 2 is 1.52 bits per heavy atom. The van der Waals surface area contributed by atoms with Gasteiger partial charge in [0.05, 0.1) is 6.61 Å². The molecule has 0 unspecified atom stereocenters. The lowest BCUT2D eigenvalue weighted by molar-refractivity contribution is 0.116. The molecule has 0 aliphatic rings. The summed E-state index contributed by atoms with van der Waals surface area (Å²) in [5, 5.41) is 0. The Bertz CT molecular complexity index is 601. The topological polar surface area (TPSA) is 134 Å². The van der Waals surface area contributed by atoms with Gasteiger partial charge in [-0.3, -0.25) is 0 Å². The lowest BCUT2D eigenvalue weighted by Gasteiger charge is -2.04. The SMILES string of the molecule is C/C=C(\C)CCCCCCOCc1ccccc1.O=P(O)(O)OP(=O)(O)O. The minimum absolute atomic E-state index is 0.749. The molecule has 0 radical (unpaired) electrons. The molecule has 0 saturated heterocycles. The van der Waals surface area contributed by atoms with Gasteiger partial charge in [0, 0.05) is 6.61 Å². The molecule has 156 valence electrons. The van der Waals surface area contributed by atoms with E-state index in [2.05, 4.69) is 48.5 Å². The quantitative estimate of drug-likeness (QED) is 0.235. The second kappa shape index (κ2) is 14.2. The lowest BCUT2D eigenvalue weighted by Crippen LogP contribution is -1.95. The van der Waals surface area contributed by atoms with Crippen molar-refractivity contribution < 1.29 is 37.8 Å². The molecule has 27 heavy (non-hydrogen) atoms. The molecular formula is C17H30O8P2. The Kier molecular flexibility index (Phi) is 13.8. The summed E-state index contributed by atoms with van der Waals surface area (Å²) in [5.41, 5.74) is 2.77. The number of rotatable bonds is 11. The molecule has 0 amide bonds. The Labute approximate surface area is 160 Å². The van der Waals surface area contributed by atoms with Crippen molar-refractivity contribution in [3.63, 3.8) is 0 Å². The van der Waals surface area contributed by atoms with Gasteiger partial charge < -0.3 is 24.3 Å².